The number of unbranched alkanes of at least 4 members (excludes halogenated alkanes) is 1. The first-order valence-corrected chi connectivity index (χ1v) is 18.5. The summed E-state index contributed by atoms with van der Waals surface area (Å²) < 4.78 is 0. The van der Waals surface area contributed by atoms with Crippen molar-refractivity contribution in [3.8, 4) is 22.3 Å². The topological polar surface area (TPSA) is 0 Å². The Balaban J connectivity index is 0.000000764. The van der Waals surface area contributed by atoms with E-state index in [-0.39, 0.29) is 0 Å². The van der Waals surface area contributed by atoms with E-state index in [1.807, 2.05) is 0 Å². The fourth-order valence-electron chi connectivity index (χ4n) is 6.28. The van der Waals surface area contributed by atoms with Crippen molar-refractivity contribution in [2.75, 3.05) is 0 Å². The van der Waals surface area contributed by atoms with Gasteiger partial charge in [0.2, 0.25) is 0 Å². The minimum absolute atomic E-state index is 0.447. The molecule has 0 atom stereocenters. The van der Waals surface area contributed by atoms with Crippen LogP contribution in [-0.2, 0) is 20.8 Å². The Morgan fingerprint density at radius 2 is 0.882 bits per heavy atom. The molecule has 6 rings (SSSR count). The van der Waals surface area contributed by atoms with Crippen molar-refractivity contribution in [1.29, 1.82) is 0 Å². The molecule has 34 heavy (non-hydrogen) atoms. The van der Waals surface area contributed by atoms with Gasteiger partial charge < -0.3 is 0 Å². The first-order valence-electron chi connectivity index (χ1n) is 12.1. The Labute approximate surface area is 222 Å². The van der Waals surface area contributed by atoms with E-state index in [1.54, 1.807) is 0 Å². The van der Waals surface area contributed by atoms with Crippen LogP contribution in [0.2, 0.25) is 0 Å². The summed E-state index contributed by atoms with van der Waals surface area (Å²) >= 11 is -0.826. The Morgan fingerprint density at radius 1 is 0.588 bits per heavy atom. The van der Waals surface area contributed by atoms with Crippen molar-refractivity contribution in [2.45, 2.75) is 38.0 Å². The fourth-order valence-corrected chi connectivity index (χ4v) is 6.28. The Morgan fingerprint density at radius 3 is 1.18 bits per heavy atom. The van der Waals surface area contributed by atoms with Crippen LogP contribution in [0.5, 0.6) is 0 Å². The summed E-state index contributed by atoms with van der Waals surface area (Å²) in [5, 5.41) is 0. The van der Waals surface area contributed by atoms with Crippen molar-refractivity contribution in [3.05, 3.63) is 119 Å². The standard InChI is InChI=1S/C31H28.2ClH.Zr/c1-2-3-12-29(30-25-17-8-4-13-21(25)22-14-5-9-18-26(22)30)31-27-19-10-6-15-23(27)24-16-7-11-20-28(24)31;;;/h4-11,13-20,29-31H,2-3,12H2,1H3;2*1H;/q;;;+2/p-2. The van der Waals surface area contributed by atoms with Crippen molar-refractivity contribution in [3.63, 3.8) is 0 Å². The summed E-state index contributed by atoms with van der Waals surface area (Å²) in [6, 6.07) is 36.5. The number of benzene rings is 4. The molecule has 0 aromatic heterocycles. The Bertz CT molecular complexity index is 1100. The van der Waals surface area contributed by atoms with Crippen LogP contribution in [-0.4, -0.2) is 0 Å². The molecule has 170 valence electrons. The van der Waals surface area contributed by atoms with Crippen LogP contribution in [0.25, 0.3) is 22.3 Å². The summed E-state index contributed by atoms with van der Waals surface area (Å²) in [7, 11) is 9.87. The molecule has 0 N–H and O–H groups in total. The quantitative estimate of drug-likeness (QED) is 0.227. The molecule has 0 bridgehead atoms. The van der Waals surface area contributed by atoms with Crippen LogP contribution in [0, 0.1) is 5.92 Å². The van der Waals surface area contributed by atoms with Gasteiger partial charge in [0.25, 0.3) is 0 Å². The molecule has 0 aliphatic heterocycles. The van der Waals surface area contributed by atoms with Crippen molar-refractivity contribution < 1.29 is 20.8 Å². The first-order chi connectivity index (χ1) is 16.8. The van der Waals surface area contributed by atoms with Gasteiger partial charge in [-0.15, -0.1) is 0 Å². The molecule has 0 fully saturated rings. The zero-order valence-electron chi connectivity index (χ0n) is 19.3. The molecule has 4 aromatic carbocycles. The Kier molecular flexibility index (Phi) is 7.75. The van der Waals surface area contributed by atoms with E-state index in [2.05, 4.69) is 104 Å². The third kappa shape index (κ3) is 4.26. The van der Waals surface area contributed by atoms with E-state index >= 15 is 0 Å². The molecule has 0 unspecified atom stereocenters. The number of rotatable bonds is 5. The molecular formula is C31H28Cl2Zr. The molecule has 0 nitrogen and oxygen atoms in total. The van der Waals surface area contributed by atoms with Gasteiger partial charge in [0.1, 0.15) is 0 Å². The van der Waals surface area contributed by atoms with Gasteiger partial charge in [0, 0.05) is 11.8 Å². The van der Waals surface area contributed by atoms with E-state index in [9.17, 15) is 0 Å². The molecule has 0 saturated carbocycles. The molecule has 4 aromatic rings. The molecule has 0 radical (unpaired) electrons. The van der Waals surface area contributed by atoms with Gasteiger partial charge in [-0.3, -0.25) is 0 Å². The molecular weight excluding hydrogens is 534 g/mol. The van der Waals surface area contributed by atoms with Gasteiger partial charge in [-0.2, -0.15) is 0 Å². The van der Waals surface area contributed by atoms with Crippen LogP contribution >= 0.6 is 17.0 Å². The molecule has 0 saturated heterocycles. The van der Waals surface area contributed by atoms with Gasteiger partial charge in [0.05, 0.1) is 0 Å². The average molecular weight is 563 g/mol. The predicted molar refractivity (Wildman–Crippen MR) is 142 cm³/mol. The molecule has 0 spiro atoms. The van der Waals surface area contributed by atoms with E-state index < -0.39 is 20.8 Å². The average Bonchev–Trinajstić information content (AvgIpc) is 3.39. The molecule has 0 heterocycles. The third-order valence-corrected chi connectivity index (χ3v) is 7.51. The SMILES string of the molecule is CCCCC(C1c2ccccc2-c2ccccc21)C1c2ccccc2-c2ccccc21.[Cl][Zr][Cl]. The van der Waals surface area contributed by atoms with Gasteiger partial charge in [-0.25, -0.2) is 0 Å². The van der Waals surface area contributed by atoms with Gasteiger partial charge in [-0.1, -0.05) is 117 Å². The number of halogens is 2. The normalized spacial score (nSPS) is 13.5. The number of fused-ring (bicyclic) bond motifs is 6. The fraction of sp³-hybridized carbons (Fsp3) is 0.226. The van der Waals surface area contributed by atoms with Crippen molar-refractivity contribution >= 4 is 17.0 Å². The Hall–Kier alpha value is -1.66. The molecule has 3 heteroatoms. The molecule has 2 aliphatic carbocycles. The number of hydrogen-bond donors (Lipinski definition) is 0. The zero-order chi connectivity index (χ0) is 23.5. The molecule has 0 amide bonds. The van der Waals surface area contributed by atoms with Crippen LogP contribution in [0.1, 0.15) is 60.3 Å². The van der Waals surface area contributed by atoms with Gasteiger partial charge in [0.15, 0.2) is 0 Å². The maximum absolute atomic E-state index is 4.93. The predicted octanol–water partition coefficient (Wildman–Crippen LogP) is 9.79. The monoisotopic (exact) mass is 560 g/mol. The van der Waals surface area contributed by atoms with Crippen LogP contribution in [0.4, 0.5) is 0 Å². The van der Waals surface area contributed by atoms with Crippen LogP contribution in [0.3, 0.4) is 0 Å². The van der Waals surface area contributed by atoms with E-state index in [4.69, 9.17) is 17.0 Å². The minimum atomic E-state index is -0.826. The molecule has 2 aliphatic rings. The summed E-state index contributed by atoms with van der Waals surface area (Å²) in [5.74, 6) is 1.45. The maximum atomic E-state index is 4.93. The summed E-state index contributed by atoms with van der Waals surface area (Å²) in [4.78, 5) is 0. The van der Waals surface area contributed by atoms with Gasteiger partial charge >= 0.3 is 37.9 Å². The second kappa shape index (κ2) is 10.9. The van der Waals surface area contributed by atoms with Crippen molar-refractivity contribution in [1.82, 2.24) is 0 Å². The second-order valence-corrected chi connectivity index (χ2v) is 12.9. The zero-order valence-corrected chi connectivity index (χ0v) is 23.3. The van der Waals surface area contributed by atoms with Crippen LogP contribution in [0.15, 0.2) is 97.1 Å². The van der Waals surface area contributed by atoms with E-state index in [0.717, 1.165) is 0 Å². The number of hydrogen-bond acceptors (Lipinski definition) is 0. The van der Waals surface area contributed by atoms with E-state index in [0.29, 0.717) is 17.8 Å². The summed E-state index contributed by atoms with van der Waals surface area (Å²) in [6.45, 7) is 2.32. The van der Waals surface area contributed by atoms with E-state index in [1.165, 1.54) is 63.8 Å². The van der Waals surface area contributed by atoms with Gasteiger partial charge in [-0.05, 0) is 56.8 Å². The first kappa shape index (κ1) is 24.1. The third-order valence-electron chi connectivity index (χ3n) is 7.51. The van der Waals surface area contributed by atoms with Crippen LogP contribution < -0.4 is 0 Å². The summed E-state index contributed by atoms with van der Waals surface area (Å²) in [6.07, 6.45) is 3.76. The summed E-state index contributed by atoms with van der Waals surface area (Å²) in [5.41, 5.74) is 11.8. The van der Waals surface area contributed by atoms with Crippen molar-refractivity contribution in [2.24, 2.45) is 5.92 Å². The second-order valence-electron chi connectivity index (χ2n) is 9.18.